The molecule has 0 amide bonds. The van der Waals surface area contributed by atoms with Crippen molar-refractivity contribution in [2.45, 2.75) is 5.92 Å². The number of allylic oxidation sites excluding steroid dienone is 3. The van der Waals surface area contributed by atoms with Crippen LogP contribution >= 0.6 is 0 Å². The molecule has 1 heterocycles. The summed E-state index contributed by atoms with van der Waals surface area (Å²) in [6.07, 6.45) is 7.80. The van der Waals surface area contributed by atoms with E-state index in [-0.39, 0.29) is 5.92 Å². The summed E-state index contributed by atoms with van der Waals surface area (Å²) >= 11 is 0. The Morgan fingerprint density at radius 1 is 1.20 bits per heavy atom. The van der Waals surface area contributed by atoms with Gasteiger partial charge in [-0.15, -0.1) is 0 Å². The molecule has 1 aliphatic rings. The average Bonchev–Trinajstić information content (AvgIpc) is 2.55. The minimum atomic E-state index is 0.239. The van der Waals surface area contributed by atoms with Gasteiger partial charge < -0.3 is 4.74 Å². The molecule has 0 fully saturated rings. The average molecular weight is 199 g/mol. The zero-order valence-corrected chi connectivity index (χ0v) is 8.63. The molecule has 0 spiro atoms. The summed E-state index contributed by atoms with van der Waals surface area (Å²) < 4.78 is 5.15. The maximum atomic E-state index is 5.15. The minimum Gasteiger partial charge on any atom is -0.481 e. The van der Waals surface area contributed by atoms with Crippen LogP contribution in [-0.4, -0.2) is 13.3 Å². The van der Waals surface area contributed by atoms with Gasteiger partial charge in [0.15, 0.2) is 0 Å². The zero-order chi connectivity index (χ0) is 10.5. The molecule has 76 valence electrons. The lowest BCUT2D eigenvalue weighted by molar-refractivity contribution is 0.287. The maximum Gasteiger partial charge on any atom is 0.209 e. The number of benzene rings is 1. The predicted molar refractivity (Wildman–Crippen MR) is 61.9 cm³/mol. The molecule has 0 radical (unpaired) electrons. The number of methoxy groups -OCH3 is 1. The molecule has 0 aromatic heterocycles. The number of hydrogen-bond donors (Lipinski definition) is 0. The van der Waals surface area contributed by atoms with Gasteiger partial charge in [-0.3, -0.25) is 0 Å². The predicted octanol–water partition coefficient (Wildman–Crippen LogP) is 2.90. The van der Waals surface area contributed by atoms with Crippen molar-refractivity contribution in [2.75, 3.05) is 7.11 Å². The van der Waals surface area contributed by atoms with Crippen molar-refractivity contribution in [1.82, 2.24) is 0 Å². The van der Waals surface area contributed by atoms with Gasteiger partial charge in [0.25, 0.3) is 0 Å². The van der Waals surface area contributed by atoms with E-state index in [1.807, 2.05) is 30.4 Å². The van der Waals surface area contributed by atoms with Gasteiger partial charge in [0.05, 0.1) is 7.11 Å². The highest BCUT2D eigenvalue weighted by Gasteiger charge is 2.07. The first-order chi connectivity index (χ1) is 7.40. The number of rotatable bonds is 2. The number of ether oxygens (including phenoxy) is 1. The third-order valence-corrected chi connectivity index (χ3v) is 2.32. The summed E-state index contributed by atoms with van der Waals surface area (Å²) in [4.78, 5) is 4.14. The van der Waals surface area contributed by atoms with Crippen molar-refractivity contribution >= 4 is 6.21 Å². The van der Waals surface area contributed by atoms with E-state index in [0.717, 1.165) is 0 Å². The van der Waals surface area contributed by atoms with Crippen LogP contribution in [0.5, 0.6) is 0 Å². The standard InChI is InChI=1S/C13H13NO/c1-15-13-10-12(8-5-9-14-13)11-6-3-2-4-7-11/h2-10,12H,1H3. The first-order valence-corrected chi connectivity index (χ1v) is 4.92. The van der Waals surface area contributed by atoms with Crippen molar-refractivity contribution < 1.29 is 4.74 Å². The molecular weight excluding hydrogens is 186 g/mol. The topological polar surface area (TPSA) is 21.6 Å². The lowest BCUT2D eigenvalue weighted by Gasteiger charge is -2.07. The van der Waals surface area contributed by atoms with E-state index in [1.165, 1.54) is 5.56 Å². The Morgan fingerprint density at radius 3 is 2.73 bits per heavy atom. The van der Waals surface area contributed by atoms with Crippen molar-refractivity contribution in [3.8, 4) is 0 Å². The van der Waals surface area contributed by atoms with E-state index in [4.69, 9.17) is 4.74 Å². The van der Waals surface area contributed by atoms with Crippen molar-refractivity contribution in [2.24, 2.45) is 4.99 Å². The normalized spacial score (nSPS) is 19.5. The van der Waals surface area contributed by atoms with Gasteiger partial charge in [0.1, 0.15) is 0 Å². The second-order valence-electron chi connectivity index (χ2n) is 3.31. The van der Waals surface area contributed by atoms with Gasteiger partial charge in [-0.2, -0.15) is 0 Å². The fourth-order valence-corrected chi connectivity index (χ4v) is 1.54. The molecule has 0 aliphatic carbocycles. The maximum absolute atomic E-state index is 5.15. The number of nitrogens with zero attached hydrogens (tertiary/aromatic N) is 1. The van der Waals surface area contributed by atoms with Crippen LogP contribution in [0.4, 0.5) is 0 Å². The van der Waals surface area contributed by atoms with Gasteiger partial charge in [0.2, 0.25) is 5.88 Å². The summed E-state index contributed by atoms with van der Waals surface area (Å²) in [5, 5.41) is 0. The highest BCUT2D eigenvalue weighted by atomic mass is 16.5. The van der Waals surface area contributed by atoms with Crippen LogP contribution in [0.15, 0.2) is 59.4 Å². The summed E-state index contributed by atoms with van der Waals surface area (Å²) in [6, 6.07) is 10.3. The number of hydrogen-bond acceptors (Lipinski definition) is 2. The Kier molecular flexibility index (Phi) is 2.98. The van der Waals surface area contributed by atoms with Crippen LogP contribution in [0, 0.1) is 0 Å². The molecular formula is C13H13NO. The van der Waals surface area contributed by atoms with Gasteiger partial charge in [-0.05, 0) is 17.7 Å². The van der Waals surface area contributed by atoms with Crippen LogP contribution in [0.3, 0.4) is 0 Å². The van der Waals surface area contributed by atoms with Crippen molar-refractivity contribution in [1.29, 1.82) is 0 Å². The van der Waals surface area contributed by atoms with E-state index >= 15 is 0 Å². The third-order valence-electron chi connectivity index (χ3n) is 2.32. The molecule has 2 heteroatoms. The second kappa shape index (κ2) is 4.60. The van der Waals surface area contributed by atoms with Crippen LogP contribution in [0.2, 0.25) is 0 Å². The summed E-state index contributed by atoms with van der Waals surface area (Å²) in [7, 11) is 1.64. The lowest BCUT2D eigenvalue weighted by Crippen LogP contribution is -1.92. The molecule has 2 rings (SSSR count). The highest BCUT2D eigenvalue weighted by molar-refractivity contribution is 5.73. The minimum absolute atomic E-state index is 0.239. The first-order valence-electron chi connectivity index (χ1n) is 4.92. The fraction of sp³-hybridized carbons (Fsp3) is 0.154. The molecule has 0 saturated heterocycles. The molecule has 1 aromatic carbocycles. The van der Waals surface area contributed by atoms with E-state index in [9.17, 15) is 0 Å². The SMILES string of the molecule is COC1=CC(c2ccccc2)C=CC=N1. The Bertz CT molecular complexity index is 404. The molecule has 2 nitrogen and oxygen atoms in total. The molecule has 1 atom stereocenters. The second-order valence-corrected chi connectivity index (χ2v) is 3.31. The summed E-state index contributed by atoms with van der Waals surface area (Å²) in [6.45, 7) is 0. The summed E-state index contributed by atoms with van der Waals surface area (Å²) in [5.41, 5.74) is 1.24. The zero-order valence-electron chi connectivity index (χ0n) is 8.63. The van der Waals surface area contributed by atoms with Crippen molar-refractivity contribution in [3.63, 3.8) is 0 Å². The van der Waals surface area contributed by atoms with Crippen LogP contribution in [0.1, 0.15) is 11.5 Å². The monoisotopic (exact) mass is 199 g/mol. The first kappa shape index (κ1) is 9.71. The van der Waals surface area contributed by atoms with Gasteiger partial charge >= 0.3 is 0 Å². The van der Waals surface area contributed by atoms with E-state index < -0.39 is 0 Å². The van der Waals surface area contributed by atoms with Crippen LogP contribution in [-0.2, 0) is 4.74 Å². The van der Waals surface area contributed by atoms with Crippen molar-refractivity contribution in [3.05, 3.63) is 60.0 Å². The Hall–Kier alpha value is -1.83. The quantitative estimate of drug-likeness (QED) is 0.717. The third kappa shape index (κ3) is 2.34. The molecule has 0 bridgehead atoms. The van der Waals surface area contributed by atoms with Gasteiger partial charge in [-0.1, -0.05) is 36.4 Å². The molecule has 1 aromatic rings. The van der Waals surface area contributed by atoms with E-state index in [0.29, 0.717) is 5.88 Å². The Labute approximate surface area is 89.6 Å². The van der Waals surface area contributed by atoms with E-state index in [1.54, 1.807) is 13.3 Å². The van der Waals surface area contributed by atoms with Crippen LogP contribution < -0.4 is 0 Å². The summed E-state index contributed by atoms with van der Waals surface area (Å²) in [5.74, 6) is 0.900. The smallest absolute Gasteiger partial charge is 0.209 e. The molecule has 15 heavy (non-hydrogen) atoms. The Morgan fingerprint density at radius 2 is 2.00 bits per heavy atom. The van der Waals surface area contributed by atoms with Gasteiger partial charge in [0, 0.05) is 12.1 Å². The molecule has 0 N–H and O–H groups in total. The fourth-order valence-electron chi connectivity index (χ4n) is 1.54. The van der Waals surface area contributed by atoms with Gasteiger partial charge in [-0.25, -0.2) is 4.99 Å². The van der Waals surface area contributed by atoms with E-state index in [2.05, 4.69) is 23.2 Å². The molecule has 0 saturated carbocycles. The van der Waals surface area contributed by atoms with Crippen LogP contribution in [0.25, 0.3) is 0 Å². The highest BCUT2D eigenvalue weighted by Crippen LogP contribution is 2.22. The lowest BCUT2D eigenvalue weighted by atomic mass is 9.99. The molecule has 1 aliphatic heterocycles. The largest absolute Gasteiger partial charge is 0.481 e. The number of aliphatic imine (C=N–C) groups is 1. The Balaban J connectivity index is 2.30. The molecule has 1 unspecified atom stereocenters.